The molecule has 0 aliphatic carbocycles. The van der Waals surface area contributed by atoms with Crippen LogP contribution in [-0.4, -0.2) is 20.2 Å². The number of pyridine rings is 2. The van der Waals surface area contributed by atoms with E-state index in [0.29, 0.717) is 33.2 Å². The van der Waals surface area contributed by atoms with Gasteiger partial charge in [0, 0.05) is 23.2 Å². The van der Waals surface area contributed by atoms with Crippen LogP contribution in [0.4, 0.5) is 11.4 Å². The zero-order valence-electron chi connectivity index (χ0n) is 12.5. The number of nitrogens with zero attached hydrogens (tertiary/aromatic N) is 4. The van der Waals surface area contributed by atoms with E-state index in [1.165, 1.54) is 0 Å². The fourth-order valence-corrected chi connectivity index (χ4v) is 2.57. The van der Waals surface area contributed by atoms with Gasteiger partial charge in [0.15, 0.2) is 0 Å². The van der Waals surface area contributed by atoms with Crippen molar-refractivity contribution < 1.29 is 10.2 Å². The highest BCUT2D eigenvalue weighted by atomic mass is 16.3. The van der Waals surface area contributed by atoms with Crippen LogP contribution in [0.15, 0.2) is 71.2 Å². The largest absolute Gasteiger partial charge is 0.506 e. The van der Waals surface area contributed by atoms with Crippen LogP contribution in [0, 0.1) is 0 Å². The van der Waals surface area contributed by atoms with Crippen molar-refractivity contribution in [3.63, 3.8) is 0 Å². The van der Waals surface area contributed by atoms with Crippen molar-refractivity contribution in [3.05, 3.63) is 60.9 Å². The van der Waals surface area contributed by atoms with Gasteiger partial charge in [-0.3, -0.25) is 9.97 Å². The fourth-order valence-electron chi connectivity index (χ4n) is 2.57. The molecule has 2 aromatic heterocycles. The third-order valence-corrected chi connectivity index (χ3v) is 3.72. The first-order chi connectivity index (χ1) is 11.7. The number of fused-ring (bicyclic) bond motifs is 2. The van der Waals surface area contributed by atoms with E-state index in [4.69, 9.17) is 0 Å². The van der Waals surface area contributed by atoms with Gasteiger partial charge in [0.05, 0.1) is 11.4 Å². The third-order valence-electron chi connectivity index (χ3n) is 3.72. The number of aromatic hydroxyl groups is 2. The lowest BCUT2D eigenvalue weighted by Gasteiger charge is -2.04. The van der Waals surface area contributed by atoms with E-state index in [2.05, 4.69) is 20.2 Å². The van der Waals surface area contributed by atoms with Crippen molar-refractivity contribution in [1.82, 2.24) is 9.97 Å². The second kappa shape index (κ2) is 5.58. The highest BCUT2D eigenvalue weighted by molar-refractivity contribution is 5.95. The average Bonchev–Trinajstić information content (AvgIpc) is 2.63. The minimum atomic E-state index is 0.101. The fraction of sp³-hybridized carbons (Fsp3) is 0. The quantitative estimate of drug-likeness (QED) is 0.528. The first kappa shape index (κ1) is 14.1. The Labute approximate surface area is 136 Å². The Kier molecular flexibility index (Phi) is 3.28. The lowest BCUT2D eigenvalue weighted by molar-refractivity contribution is 0.480. The van der Waals surface area contributed by atoms with Gasteiger partial charge >= 0.3 is 0 Å². The van der Waals surface area contributed by atoms with E-state index in [1.807, 2.05) is 12.1 Å². The predicted octanol–water partition coefficient (Wildman–Crippen LogP) is 4.61. The second-order valence-corrected chi connectivity index (χ2v) is 5.21. The summed E-state index contributed by atoms with van der Waals surface area (Å²) < 4.78 is 0. The zero-order chi connectivity index (χ0) is 16.5. The predicted molar refractivity (Wildman–Crippen MR) is 91.0 cm³/mol. The summed E-state index contributed by atoms with van der Waals surface area (Å²) in [5, 5.41) is 29.8. The van der Waals surface area contributed by atoms with Gasteiger partial charge in [0.1, 0.15) is 22.5 Å². The smallest absolute Gasteiger partial charge is 0.141 e. The number of benzene rings is 2. The van der Waals surface area contributed by atoms with Crippen LogP contribution in [0.3, 0.4) is 0 Å². The Morgan fingerprint density at radius 3 is 1.54 bits per heavy atom. The molecule has 6 nitrogen and oxygen atoms in total. The number of phenolic OH excluding ortho intramolecular Hbond substituents is 2. The van der Waals surface area contributed by atoms with Crippen molar-refractivity contribution >= 4 is 33.2 Å². The maximum Gasteiger partial charge on any atom is 0.141 e. The molecule has 0 aliphatic rings. The monoisotopic (exact) mass is 316 g/mol. The van der Waals surface area contributed by atoms with Gasteiger partial charge in [-0.25, -0.2) is 0 Å². The highest BCUT2D eigenvalue weighted by Gasteiger charge is 2.07. The molecule has 116 valence electrons. The van der Waals surface area contributed by atoms with E-state index in [9.17, 15) is 10.2 Å². The molecular weight excluding hydrogens is 304 g/mol. The average molecular weight is 316 g/mol. The first-order valence-corrected chi connectivity index (χ1v) is 7.29. The van der Waals surface area contributed by atoms with Gasteiger partial charge in [0.2, 0.25) is 0 Å². The number of hydrogen-bond donors (Lipinski definition) is 2. The van der Waals surface area contributed by atoms with Crippen LogP contribution in [0.2, 0.25) is 0 Å². The summed E-state index contributed by atoms with van der Waals surface area (Å²) in [6.45, 7) is 0. The Hall–Kier alpha value is -3.54. The number of azo groups is 1. The second-order valence-electron chi connectivity index (χ2n) is 5.21. The summed E-state index contributed by atoms with van der Waals surface area (Å²) in [7, 11) is 0. The number of hydrogen-bond acceptors (Lipinski definition) is 6. The molecule has 4 aromatic rings. The molecule has 24 heavy (non-hydrogen) atoms. The summed E-state index contributed by atoms with van der Waals surface area (Å²) >= 11 is 0. The van der Waals surface area contributed by atoms with Crippen molar-refractivity contribution in [3.8, 4) is 11.5 Å². The van der Waals surface area contributed by atoms with E-state index < -0.39 is 0 Å². The van der Waals surface area contributed by atoms with Gasteiger partial charge in [-0.15, -0.1) is 10.2 Å². The van der Waals surface area contributed by atoms with E-state index in [0.717, 1.165) is 0 Å². The summed E-state index contributed by atoms with van der Waals surface area (Å²) in [5.41, 5.74) is 2.15. The van der Waals surface area contributed by atoms with Crippen LogP contribution in [0.5, 0.6) is 11.5 Å². The summed E-state index contributed by atoms with van der Waals surface area (Å²) in [6.07, 6.45) is 3.23. The van der Waals surface area contributed by atoms with Gasteiger partial charge in [-0.2, -0.15) is 0 Å². The van der Waals surface area contributed by atoms with Gasteiger partial charge in [-0.05, 0) is 48.5 Å². The summed E-state index contributed by atoms with van der Waals surface area (Å²) in [4.78, 5) is 8.33. The number of phenols is 2. The molecule has 2 heterocycles. The van der Waals surface area contributed by atoms with E-state index >= 15 is 0 Å². The van der Waals surface area contributed by atoms with Crippen molar-refractivity contribution in [2.75, 3.05) is 0 Å². The summed E-state index contributed by atoms with van der Waals surface area (Å²) in [6, 6.07) is 13.7. The molecule has 0 fully saturated rings. The molecule has 2 N–H and O–H groups in total. The van der Waals surface area contributed by atoms with Gasteiger partial charge < -0.3 is 10.2 Å². The van der Waals surface area contributed by atoms with Crippen LogP contribution in [-0.2, 0) is 0 Å². The first-order valence-electron chi connectivity index (χ1n) is 7.29. The van der Waals surface area contributed by atoms with Crippen molar-refractivity contribution in [1.29, 1.82) is 0 Å². The minimum Gasteiger partial charge on any atom is -0.506 e. The standard InChI is InChI=1S/C18H12N4O2/c23-15-7-5-13(11-3-1-9-19-17(11)15)21-22-14-6-8-16(24)18-12(14)4-2-10-20-18/h1-10,23-24H. The maximum absolute atomic E-state index is 9.88. The molecule has 0 aliphatic heterocycles. The lowest BCUT2D eigenvalue weighted by atomic mass is 10.1. The molecule has 0 unspecified atom stereocenters. The normalized spacial score (nSPS) is 11.5. The molecule has 0 saturated heterocycles. The molecule has 2 aromatic carbocycles. The number of rotatable bonds is 2. The molecule has 0 spiro atoms. The van der Waals surface area contributed by atoms with Crippen molar-refractivity contribution in [2.24, 2.45) is 10.2 Å². The van der Waals surface area contributed by atoms with Gasteiger partial charge in [-0.1, -0.05) is 0 Å². The van der Waals surface area contributed by atoms with E-state index in [1.54, 1.807) is 48.8 Å². The Bertz CT molecular complexity index is 1010. The van der Waals surface area contributed by atoms with Crippen molar-refractivity contribution in [2.45, 2.75) is 0 Å². The molecular formula is C18H12N4O2. The Morgan fingerprint density at radius 2 is 1.08 bits per heavy atom. The molecule has 0 amide bonds. The van der Waals surface area contributed by atoms with Gasteiger partial charge in [0.25, 0.3) is 0 Å². The SMILES string of the molecule is Oc1ccc(N=Nc2ccc(O)c3ncccc23)c2cccnc12. The molecule has 0 saturated carbocycles. The van der Waals surface area contributed by atoms with Crippen LogP contribution in [0.1, 0.15) is 0 Å². The Morgan fingerprint density at radius 1 is 0.625 bits per heavy atom. The Balaban J connectivity index is 1.85. The van der Waals surface area contributed by atoms with E-state index in [-0.39, 0.29) is 11.5 Å². The highest BCUT2D eigenvalue weighted by Crippen LogP contribution is 2.34. The number of aromatic nitrogens is 2. The molecule has 0 atom stereocenters. The van der Waals surface area contributed by atoms with Crippen LogP contribution < -0.4 is 0 Å². The third kappa shape index (κ3) is 2.30. The molecule has 4 rings (SSSR count). The molecule has 6 heteroatoms. The minimum absolute atomic E-state index is 0.101. The molecule has 0 radical (unpaired) electrons. The summed E-state index contributed by atoms with van der Waals surface area (Å²) in [5.74, 6) is 0.202. The zero-order valence-corrected chi connectivity index (χ0v) is 12.5. The van der Waals surface area contributed by atoms with Crippen LogP contribution >= 0.6 is 0 Å². The molecule has 0 bridgehead atoms. The maximum atomic E-state index is 9.88. The van der Waals surface area contributed by atoms with Crippen LogP contribution in [0.25, 0.3) is 21.8 Å². The topological polar surface area (TPSA) is 91.0 Å². The lowest BCUT2D eigenvalue weighted by Crippen LogP contribution is -1.80.